The molecule has 0 aliphatic carbocycles. The highest BCUT2D eigenvalue weighted by Crippen LogP contribution is 2.25. The van der Waals surface area contributed by atoms with E-state index in [1.165, 1.54) is 29.3 Å². The Bertz CT molecular complexity index is 1140. The molecular weight excluding hydrogens is 399 g/mol. The van der Waals surface area contributed by atoms with Gasteiger partial charge in [-0.2, -0.15) is 5.10 Å². The van der Waals surface area contributed by atoms with Crippen molar-refractivity contribution in [3.05, 3.63) is 78.1 Å². The first-order valence-electron chi connectivity index (χ1n) is 9.70. The fourth-order valence-electron chi connectivity index (χ4n) is 3.37. The molecular formula is C22H21FN6O2. The third-order valence-electron chi connectivity index (χ3n) is 5.08. The molecule has 0 bridgehead atoms. The third-order valence-corrected chi connectivity index (χ3v) is 5.08. The minimum Gasteiger partial charge on any atom is -0.368 e. The Hall–Kier alpha value is -4.01. The number of primary amides is 1. The van der Waals surface area contributed by atoms with E-state index in [1.54, 1.807) is 18.3 Å². The number of halogens is 1. The molecule has 0 spiro atoms. The van der Waals surface area contributed by atoms with Gasteiger partial charge < -0.3 is 15.6 Å². The number of rotatable bonds is 6. The number of nitrogens with one attached hydrogen (secondary N) is 1. The van der Waals surface area contributed by atoms with Crippen LogP contribution in [-0.2, 0) is 16.1 Å². The highest BCUT2D eigenvalue weighted by atomic mass is 19.1. The molecule has 2 heterocycles. The number of aromatic nitrogens is 2. The number of amides is 2. The van der Waals surface area contributed by atoms with Crippen LogP contribution in [0.4, 0.5) is 15.8 Å². The molecule has 0 saturated carbocycles. The van der Waals surface area contributed by atoms with Crippen LogP contribution in [0, 0.1) is 12.7 Å². The van der Waals surface area contributed by atoms with Crippen molar-refractivity contribution in [2.75, 3.05) is 10.3 Å². The minimum absolute atomic E-state index is 0.0660. The largest absolute Gasteiger partial charge is 0.368 e. The van der Waals surface area contributed by atoms with Gasteiger partial charge in [0.15, 0.2) is 0 Å². The standard InChI is InChI=1S/C22H21FN6O2/c1-14-25-10-11-28(14)13-15-2-6-17(7-3-15)26-22(31)19-12-20(21(24)30)29(27-19)18-8-4-16(23)5-9-18/h2-11,20H,12-13H2,1H3,(H2,24,30)(H,26,31). The van der Waals surface area contributed by atoms with Gasteiger partial charge in [-0.05, 0) is 48.9 Å². The van der Waals surface area contributed by atoms with Crippen molar-refractivity contribution in [1.82, 2.24) is 9.55 Å². The molecule has 31 heavy (non-hydrogen) atoms. The monoisotopic (exact) mass is 420 g/mol. The summed E-state index contributed by atoms with van der Waals surface area (Å²) in [6.45, 7) is 2.62. The zero-order chi connectivity index (χ0) is 22.0. The van der Waals surface area contributed by atoms with Crippen molar-refractivity contribution >= 4 is 28.9 Å². The van der Waals surface area contributed by atoms with Crippen LogP contribution in [0.5, 0.6) is 0 Å². The van der Waals surface area contributed by atoms with Crippen molar-refractivity contribution in [3.8, 4) is 0 Å². The molecule has 3 N–H and O–H groups in total. The average Bonchev–Trinajstić information content (AvgIpc) is 3.37. The summed E-state index contributed by atoms with van der Waals surface area (Å²) in [5.41, 5.74) is 7.81. The van der Waals surface area contributed by atoms with E-state index in [4.69, 9.17) is 5.73 Å². The van der Waals surface area contributed by atoms with Gasteiger partial charge in [0.2, 0.25) is 5.91 Å². The Balaban J connectivity index is 1.46. The van der Waals surface area contributed by atoms with Crippen LogP contribution in [0.15, 0.2) is 66.0 Å². The maximum absolute atomic E-state index is 13.2. The summed E-state index contributed by atoms with van der Waals surface area (Å²) in [7, 11) is 0. The van der Waals surface area contributed by atoms with Gasteiger partial charge in [0.05, 0.1) is 5.69 Å². The Labute approximate surface area is 178 Å². The van der Waals surface area contributed by atoms with Crippen molar-refractivity contribution in [3.63, 3.8) is 0 Å². The molecule has 158 valence electrons. The van der Waals surface area contributed by atoms with Crippen LogP contribution in [0.25, 0.3) is 0 Å². The van der Waals surface area contributed by atoms with Crippen LogP contribution in [0.1, 0.15) is 17.8 Å². The molecule has 1 unspecified atom stereocenters. The number of hydrogen-bond donors (Lipinski definition) is 2. The number of hydrogen-bond acceptors (Lipinski definition) is 5. The molecule has 0 radical (unpaired) electrons. The van der Waals surface area contributed by atoms with Gasteiger partial charge in [0.1, 0.15) is 23.4 Å². The summed E-state index contributed by atoms with van der Waals surface area (Å²) >= 11 is 0. The molecule has 2 aromatic carbocycles. The number of hydrazone groups is 1. The van der Waals surface area contributed by atoms with E-state index in [0.717, 1.165) is 11.4 Å². The lowest BCUT2D eigenvalue weighted by Crippen LogP contribution is -2.39. The fraction of sp³-hybridized carbons (Fsp3) is 0.182. The summed E-state index contributed by atoms with van der Waals surface area (Å²) in [5.74, 6) is -0.525. The third kappa shape index (κ3) is 4.45. The predicted octanol–water partition coefficient (Wildman–Crippen LogP) is 2.44. The van der Waals surface area contributed by atoms with E-state index >= 15 is 0 Å². The summed E-state index contributed by atoms with van der Waals surface area (Å²) in [6.07, 6.45) is 3.72. The first-order chi connectivity index (χ1) is 14.9. The van der Waals surface area contributed by atoms with Crippen LogP contribution in [-0.4, -0.2) is 33.1 Å². The highest BCUT2D eigenvalue weighted by Gasteiger charge is 2.35. The number of aryl methyl sites for hydroxylation is 1. The Morgan fingerprint density at radius 3 is 2.48 bits per heavy atom. The predicted molar refractivity (Wildman–Crippen MR) is 115 cm³/mol. The van der Waals surface area contributed by atoms with Gasteiger partial charge in [0.25, 0.3) is 5.91 Å². The second-order valence-corrected chi connectivity index (χ2v) is 7.24. The molecule has 2 amide bonds. The summed E-state index contributed by atoms with van der Waals surface area (Å²) in [6, 6.07) is 12.1. The molecule has 0 fully saturated rings. The van der Waals surface area contributed by atoms with E-state index < -0.39 is 23.7 Å². The van der Waals surface area contributed by atoms with Gasteiger partial charge in [-0.25, -0.2) is 9.37 Å². The van der Waals surface area contributed by atoms with Gasteiger partial charge in [0, 0.05) is 31.0 Å². The lowest BCUT2D eigenvalue weighted by Gasteiger charge is -2.20. The van der Waals surface area contributed by atoms with Gasteiger partial charge in [-0.15, -0.1) is 0 Å². The molecule has 8 nitrogen and oxygen atoms in total. The zero-order valence-corrected chi connectivity index (χ0v) is 16.8. The highest BCUT2D eigenvalue weighted by molar-refractivity contribution is 6.44. The normalized spacial score (nSPS) is 15.6. The first kappa shape index (κ1) is 20.3. The van der Waals surface area contributed by atoms with Crippen molar-refractivity contribution in [1.29, 1.82) is 0 Å². The minimum atomic E-state index is -0.813. The molecule has 1 aliphatic heterocycles. The topological polar surface area (TPSA) is 106 Å². The summed E-state index contributed by atoms with van der Waals surface area (Å²) in [5, 5.41) is 8.42. The van der Waals surface area contributed by atoms with Crippen molar-refractivity contribution < 1.29 is 14.0 Å². The fourth-order valence-corrected chi connectivity index (χ4v) is 3.37. The SMILES string of the molecule is Cc1nccn1Cc1ccc(NC(=O)C2=NN(c3ccc(F)cc3)C(C(N)=O)C2)cc1. The second kappa shape index (κ2) is 8.39. The quantitative estimate of drug-likeness (QED) is 0.639. The van der Waals surface area contributed by atoms with E-state index in [0.29, 0.717) is 17.9 Å². The number of carbonyl (C=O) groups is 2. The van der Waals surface area contributed by atoms with E-state index in [2.05, 4.69) is 15.4 Å². The van der Waals surface area contributed by atoms with Crippen LogP contribution < -0.4 is 16.1 Å². The van der Waals surface area contributed by atoms with E-state index in [9.17, 15) is 14.0 Å². The molecule has 9 heteroatoms. The van der Waals surface area contributed by atoms with Crippen LogP contribution in [0.3, 0.4) is 0 Å². The van der Waals surface area contributed by atoms with Crippen molar-refractivity contribution in [2.24, 2.45) is 10.8 Å². The number of nitrogens with zero attached hydrogens (tertiary/aromatic N) is 4. The molecule has 4 rings (SSSR count). The Morgan fingerprint density at radius 2 is 1.87 bits per heavy atom. The van der Waals surface area contributed by atoms with Gasteiger partial charge in [-0.1, -0.05) is 12.1 Å². The van der Waals surface area contributed by atoms with Crippen LogP contribution >= 0.6 is 0 Å². The number of benzene rings is 2. The maximum atomic E-state index is 13.2. The summed E-state index contributed by atoms with van der Waals surface area (Å²) in [4.78, 5) is 28.8. The molecule has 3 aromatic rings. The van der Waals surface area contributed by atoms with Crippen molar-refractivity contribution in [2.45, 2.75) is 25.9 Å². The van der Waals surface area contributed by atoms with Crippen LogP contribution in [0.2, 0.25) is 0 Å². The Kier molecular flexibility index (Phi) is 5.48. The lowest BCUT2D eigenvalue weighted by atomic mass is 10.1. The molecule has 1 aromatic heterocycles. The number of nitrogens with two attached hydrogens (primary N) is 1. The lowest BCUT2D eigenvalue weighted by molar-refractivity contribution is -0.119. The van der Waals surface area contributed by atoms with Gasteiger partial charge >= 0.3 is 0 Å². The van der Waals surface area contributed by atoms with E-state index in [-0.39, 0.29) is 12.1 Å². The second-order valence-electron chi connectivity index (χ2n) is 7.24. The smallest absolute Gasteiger partial charge is 0.271 e. The Morgan fingerprint density at radius 1 is 1.16 bits per heavy atom. The average molecular weight is 420 g/mol. The number of imidazole rings is 1. The number of anilines is 2. The first-order valence-corrected chi connectivity index (χ1v) is 9.70. The molecule has 1 atom stereocenters. The molecule has 1 aliphatic rings. The summed E-state index contributed by atoms with van der Waals surface area (Å²) < 4.78 is 15.2. The van der Waals surface area contributed by atoms with Gasteiger partial charge in [-0.3, -0.25) is 14.6 Å². The maximum Gasteiger partial charge on any atom is 0.271 e. The number of carbonyl (C=O) groups excluding carboxylic acids is 2. The molecule has 0 saturated heterocycles. The van der Waals surface area contributed by atoms with E-state index in [1.807, 2.05) is 29.8 Å². The zero-order valence-electron chi connectivity index (χ0n) is 16.8.